The summed E-state index contributed by atoms with van der Waals surface area (Å²) >= 11 is 5.94. The van der Waals surface area contributed by atoms with Crippen LogP contribution in [0.3, 0.4) is 0 Å². The normalized spacial score (nSPS) is 21.9. The van der Waals surface area contributed by atoms with Crippen LogP contribution >= 0.6 is 11.6 Å². The molecule has 27 heavy (non-hydrogen) atoms. The van der Waals surface area contributed by atoms with Gasteiger partial charge in [0, 0.05) is 68.4 Å². The van der Waals surface area contributed by atoms with E-state index in [0.29, 0.717) is 16.9 Å². The SMILES string of the molecule is Cn1cc(C(=O)N2CC3CN(c4ccc(Cl)cn4)CC3C2)c2ccccc21. The lowest BCUT2D eigenvalue weighted by molar-refractivity contribution is 0.0784. The summed E-state index contributed by atoms with van der Waals surface area (Å²) in [6.07, 6.45) is 3.66. The number of halogens is 1. The van der Waals surface area contributed by atoms with E-state index in [1.165, 1.54) is 0 Å². The van der Waals surface area contributed by atoms with Crippen LogP contribution in [0.25, 0.3) is 10.9 Å². The quantitative estimate of drug-likeness (QED) is 0.684. The number of amides is 1. The van der Waals surface area contributed by atoms with Crippen LogP contribution in [0.2, 0.25) is 5.02 Å². The van der Waals surface area contributed by atoms with Crippen molar-refractivity contribution in [1.29, 1.82) is 0 Å². The summed E-state index contributed by atoms with van der Waals surface area (Å²) in [6, 6.07) is 12.0. The number of carbonyl (C=O) groups is 1. The Kier molecular flexibility index (Phi) is 3.86. The van der Waals surface area contributed by atoms with E-state index in [2.05, 4.69) is 16.0 Å². The fourth-order valence-corrected chi connectivity index (χ4v) is 4.70. The maximum atomic E-state index is 13.2. The van der Waals surface area contributed by atoms with Crippen molar-refractivity contribution in [1.82, 2.24) is 14.5 Å². The molecule has 138 valence electrons. The van der Waals surface area contributed by atoms with Crippen molar-refractivity contribution in [3.8, 4) is 0 Å². The minimum atomic E-state index is 0.150. The maximum Gasteiger partial charge on any atom is 0.256 e. The zero-order valence-corrected chi connectivity index (χ0v) is 15.9. The molecule has 2 aromatic heterocycles. The van der Waals surface area contributed by atoms with Crippen LogP contribution in [-0.4, -0.2) is 46.5 Å². The van der Waals surface area contributed by atoms with Crippen LogP contribution in [0, 0.1) is 11.8 Å². The molecule has 5 rings (SSSR count). The van der Waals surface area contributed by atoms with E-state index in [4.69, 9.17) is 11.6 Å². The number of hydrogen-bond acceptors (Lipinski definition) is 3. The Morgan fingerprint density at radius 3 is 2.52 bits per heavy atom. The summed E-state index contributed by atoms with van der Waals surface area (Å²) in [7, 11) is 1.99. The summed E-state index contributed by atoms with van der Waals surface area (Å²) in [5.41, 5.74) is 1.91. The first-order chi connectivity index (χ1) is 13.1. The highest BCUT2D eigenvalue weighted by molar-refractivity contribution is 6.30. The van der Waals surface area contributed by atoms with Crippen molar-refractivity contribution >= 4 is 34.2 Å². The molecule has 2 aliphatic rings. The van der Waals surface area contributed by atoms with Crippen molar-refractivity contribution in [3.05, 3.63) is 59.4 Å². The third-order valence-electron chi connectivity index (χ3n) is 5.94. The molecule has 1 amide bonds. The number of fused-ring (bicyclic) bond motifs is 2. The number of likely N-dealkylation sites (tertiary alicyclic amines) is 1. The Balaban J connectivity index is 1.32. The molecule has 5 nitrogen and oxygen atoms in total. The number of benzene rings is 1. The molecule has 0 spiro atoms. The van der Waals surface area contributed by atoms with E-state index in [1.54, 1.807) is 6.20 Å². The predicted molar refractivity (Wildman–Crippen MR) is 107 cm³/mol. The van der Waals surface area contributed by atoms with Crippen LogP contribution in [0.4, 0.5) is 5.82 Å². The highest BCUT2D eigenvalue weighted by Crippen LogP contribution is 2.35. The topological polar surface area (TPSA) is 41.4 Å². The second kappa shape index (κ2) is 6.27. The monoisotopic (exact) mass is 380 g/mol. The van der Waals surface area contributed by atoms with Gasteiger partial charge in [0.15, 0.2) is 0 Å². The molecule has 0 bridgehead atoms. The fourth-order valence-electron chi connectivity index (χ4n) is 4.58. The molecule has 6 heteroatoms. The van der Waals surface area contributed by atoms with Crippen LogP contribution in [0.1, 0.15) is 10.4 Å². The van der Waals surface area contributed by atoms with Gasteiger partial charge in [-0.25, -0.2) is 4.98 Å². The molecular weight excluding hydrogens is 360 g/mol. The number of hydrogen-bond donors (Lipinski definition) is 0. The number of rotatable bonds is 2. The summed E-state index contributed by atoms with van der Waals surface area (Å²) in [5.74, 6) is 2.13. The molecule has 0 saturated carbocycles. The van der Waals surface area contributed by atoms with Crippen molar-refractivity contribution in [2.75, 3.05) is 31.1 Å². The van der Waals surface area contributed by atoms with Crippen molar-refractivity contribution in [3.63, 3.8) is 0 Å². The standard InChI is InChI=1S/C21H21ClN4O/c1-24-13-18(17-4-2-3-5-19(17)24)21(27)26-11-14-9-25(10-15(14)12-26)20-7-6-16(22)8-23-20/h2-8,13-15H,9-12H2,1H3. The van der Waals surface area contributed by atoms with E-state index < -0.39 is 0 Å². The lowest BCUT2D eigenvalue weighted by Gasteiger charge is -2.22. The first kappa shape index (κ1) is 16.6. The highest BCUT2D eigenvalue weighted by atomic mass is 35.5. The summed E-state index contributed by atoms with van der Waals surface area (Å²) in [6.45, 7) is 3.52. The van der Waals surface area contributed by atoms with Gasteiger partial charge in [-0.3, -0.25) is 4.79 Å². The number of pyridine rings is 1. The number of carbonyl (C=O) groups excluding carboxylic acids is 1. The largest absolute Gasteiger partial charge is 0.356 e. The minimum absolute atomic E-state index is 0.150. The van der Waals surface area contributed by atoms with E-state index in [1.807, 2.05) is 53.0 Å². The molecule has 2 fully saturated rings. The van der Waals surface area contributed by atoms with E-state index in [0.717, 1.165) is 48.5 Å². The molecule has 2 atom stereocenters. The molecule has 0 aliphatic carbocycles. The van der Waals surface area contributed by atoms with Gasteiger partial charge in [0.1, 0.15) is 5.82 Å². The van der Waals surface area contributed by atoms with Crippen molar-refractivity contribution < 1.29 is 4.79 Å². The molecule has 3 aromatic rings. The lowest BCUT2D eigenvalue weighted by atomic mass is 10.0. The van der Waals surface area contributed by atoms with Gasteiger partial charge < -0.3 is 14.4 Å². The smallest absolute Gasteiger partial charge is 0.256 e. The van der Waals surface area contributed by atoms with Gasteiger partial charge >= 0.3 is 0 Å². The van der Waals surface area contributed by atoms with Crippen LogP contribution in [0.5, 0.6) is 0 Å². The molecule has 0 N–H and O–H groups in total. The lowest BCUT2D eigenvalue weighted by Crippen LogP contribution is -2.33. The third kappa shape index (κ3) is 2.77. The average Bonchev–Trinajstić information content (AvgIpc) is 3.34. The van der Waals surface area contributed by atoms with Crippen molar-refractivity contribution in [2.24, 2.45) is 18.9 Å². The number of aryl methyl sites for hydroxylation is 1. The Morgan fingerprint density at radius 2 is 1.81 bits per heavy atom. The van der Waals surface area contributed by atoms with Gasteiger partial charge in [-0.2, -0.15) is 0 Å². The summed E-state index contributed by atoms with van der Waals surface area (Å²) < 4.78 is 2.04. The Hall–Kier alpha value is -2.53. The van der Waals surface area contributed by atoms with Gasteiger partial charge in [-0.1, -0.05) is 29.8 Å². The Labute approximate surface area is 163 Å². The predicted octanol–water partition coefficient (Wildman–Crippen LogP) is 3.44. The van der Waals surface area contributed by atoms with E-state index >= 15 is 0 Å². The van der Waals surface area contributed by atoms with Gasteiger partial charge in [0.25, 0.3) is 5.91 Å². The number of para-hydroxylation sites is 1. The fraction of sp³-hybridized carbons (Fsp3) is 0.333. The minimum Gasteiger partial charge on any atom is -0.356 e. The molecular formula is C21H21ClN4O. The van der Waals surface area contributed by atoms with Gasteiger partial charge in [-0.15, -0.1) is 0 Å². The maximum absolute atomic E-state index is 13.2. The number of anilines is 1. The number of aromatic nitrogens is 2. The van der Waals surface area contributed by atoms with Gasteiger partial charge in [0.2, 0.25) is 0 Å². The third-order valence-corrected chi connectivity index (χ3v) is 6.16. The van der Waals surface area contributed by atoms with Crippen molar-refractivity contribution in [2.45, 2.75) is 0 Å². The molecule has 0 radical (unpaired) electrons. The summed E-state index contributed by atoms with van der Waals surface area (Å²) in [4.78, 5) is 21.9. The van der Waals surface area contributed by atoms with Crippen LogP contribution in [-0.2, 0) is 7.05 Å². The second-order valence-electron chi connectivity index (χ2n) is 7.64. The molecule has 2 unspecified atom stereocenters. The van der Waals surface area contributed by atoms with Gasteiger partial charge in [0.05, 0.1) is 10.6 Å². The molecule has 2 saturated heterocycles. The molecule has 2 aliphatic heterocycles. The zero-order valence-electron chi connectivity index (χ0n) is 15.2. The van der Waals surface area contributed by atoms with Gasteiger partial charge in [-0.05, 0) is 18.2 Å². The average molecular weight is 381 g/mol. The van der Waals surface area contributed by atoms with Crippen LogP contribution < -0.4 is 4.90 Å². The Bertz CT molecular complexity index is 999. The highest BCUT2D eigenvalue weighted by Gasteiger charge is 2.42. The number of nitrogens with zero attached hydrogens (tertiary/aromatic N) is 4. The first-order valence-corrected chi connectivity index (χ1v) is 9.68. The van der Waals surface area contributed by atoms with Crippen LogP contribution in [0.15, 0.2) is 48.8 Å². The second-order valence-corrected chi connectivity index (χ2v) is 8.08. The zero-order chi connectivity index (χ0) is 18.5. The molecule has 1 aromatic carbocycles. The van der Waals surface area contributed by atoms with E-state index in [9.17, 15) is 4.79 Å². The molecule has 4 heterocycles. The summed E-state index contributed by atoms with van der Waals surface area (Å²) in [5, 5.41) is 1.69. The van der Waals surface area contributed by atoms with E-state index in [-0.39, 0.29) is 5.91 Å². The Morgan fingerprint density at radius 1 is 1.07 bits per heavy atom. The first-order valence-electron chi connectivity index (χ1n) is 9.30.